The highest BCUT2D eigenvalue weighted by Crippen LogP contribution is 2.32. The summed E-state index contributed by atoms with van der Waals surface area (Å²) >= 11 is 5.99. The predicted octanol–water partition coefficient (Wildman–Crippen LogP) is 4.74. The molecule has 1 fully saturated rings. The van der Waals surface area contributed by atoms with Crippen LogP contribution in [0.1, 0.15) is 56.6 Å². The molecule has 0 aromatic heterocycles. The molecule has 2 rings (SSSR count). The van der Waals surface area contributed by atoms with Crippen molar-refractivity contribution in [2.24, 2.45) is 5.92 Å². The largest absolute Gasteiger partial charge is 0.495 e. The molecular weight excluding hydrogens is 260 g/mol. The first-order valence-corrected chi connectivity index (χ1v) is 7.60. The van der Waals surface area contributed by atoms with E-state index in [0.717, 1.165) is 24.3 Å². The van der Waals surface area contributed by atoms with Crippen LogP contribution in [0, 0.1) is 5.92 Å². The first-order chi connectivity index (χ1) is 9.20. The molecule has 1 saturated carbocycles. The number of methoxy groups -OCH3 is 1. The van der Waals surface area contributed by atoms with E-state index in [0.29, 0.717) is 10.8 Å². The van der Waals surface area contributed by atoms with Gasteiger partial charge in [-0.05, 0) is 36.5 Å². The van der Waals surface area contributed by atoms with Crippen LogP contribution in [0.15, 0.2) is 18.2 Å². The number of aliphatic hydroxyl groups excluding tert-OH is 1. The molecular formula is C16H23ClO2. The molecule has 0 spiro atoms. The number of aliphatic hydroxyl groups is 1. The highest BCUT2D eigenvalue weighted by Gasteiger charge is 2.16. The zero-order chi connectivity index (χ0) is 13.7. The van der Waals surface area contributed by atoms with Gasteiger partial charge in [-0.2, -0.15) is 0 Å². The molecule has 0 radical (unpaired) electrons. The summed E-state index contributed by atoms with van der Waals surface area (Å²) < 4.78 is 5.19. The first-order valence-electron chi connectivity index (χ1n) is 7.22. The second kappa shape index (κ2) is 7.16. The number of hydrogen-bond acceptors (Lipinski definition) is 2. The van der Waals surface area contributed by atoms with E-state index in [1.165, 1.54) is 32.1 Å². The zero-order valence-corrected chi connectivity index (χ0v) is 12.3. The van der Waals surface area contributed by atoms with Crippen molar-refractivity contribution >= 4 is 11.6 Å². The molecule has 0 saturated heterocycles. The van der Waals surface area contributed by atoms with Crippen LogP contribution >= 0.6 is 11.6 Å². The van der Waals surface area contributed by atoms with Crippen molar-refractivity contribution in [3.8, 4) is 5.75 Å². The lowest BCUT2D eigenvalue weighted by molar-refractivity contribution is 0.151. The molecule has 0 amide bonds. The summed E-state index contributed by atoms with van der Waals surface area (Å²) in [6, 6.07) is 5.52. The van der Waals surface area contributed by atoms with Crippen LogP contribution in [0.25, 0.3) is 0 Å². The third-order valence-corrected chi connectivity index (χ3v) is 4.45. The van der Waals surface area contributed by atoms with Crippen LogP contribution < -0.4 is 4.74 Å². The normalized spacial score (nSPS) is 18.3. The second-order valence-corrected chi connectivity index (χ2v) is 5.90. The van der Waals surface area contributed by atoms with E-state index in [-0.39, 0.29) is 0 Å². The fourth-order valence-corrected chi connectivity index (χ4v) is 3.11. The Kier molecular flexibility index (Phi) is 5.53. The van der Waals surface area contributed by atoms with Crippen LogP contribution in [-0.4, -0.2) is 12.2 Å². The minimum Gasteiger partial charge on any atom is -0.495 e. The molecule has 2 nitrogen and oxygen atoms in total. The van der Waals surface area contributed by atoms with E-state index in [1.54, 1.807) is 13.2 Å². The Labute approximate surface area is 120 Å². The van der Waals surface area contributed by atoms with Gasteiger partial charge in [-0.3, -0.25) is 0 Å². The molecule has 0 aliphatic heterocycles. The predicted molar refractivity (Wildman–Crippen MR) is 78.8 cm³/mol. The summed E-state index contributed by atoms with van der Waals surface area (Å²) in [6.07, 6.45) is 8.29. The fourth-order valence-electron chi connectivity index (χ4n) is 2.92. The maximum absolute atomic E-state index is 10.3. The second-order valence-electron chi connectivity index (χ2n) is 5.49. The Morgan fingerprint density at radius 3 is 2.74 bits per heavy atom. The lowest BCUT2D eigenvalue weighted by Gasteiger charge is -2.22. The maximum Gasteiger partial charge on any atom is 0.137 e. The SMILES string of the molecule is COc1cc(C(O)CCC2CCCCC2)ccc1Cl. The zero-order valence-electron chi connectivity index (χ0n) is 11.6. The van der Waals surface area contributed by atoms with Gasteiger partial charge in [0, 0.05) is 0 Å². The Balaban J connectivity index is 1.89. The summed E-state index contributed by atoms with van der Waals surface area (Å²) in [6.45, 7) is 0. The highest BCUT2D eigenvalue weighted by molar-refractivity contribution is 6.32. The topological polar surface area (TPSA) is 29.5 Å². The van der Waals surface area contributed by atoms with E-state index >= 15 is 0 Å². The standard InChI is InChI=1S/C16H23ClO2/c1-19-16-11-13(8-9-14(16)17)15(18)10-7-12-5-3-2-4-6-12/h8-9,11-12,15,18H,2-7,10H2,1H3. The molecule has 1 unspecified atom stereocenters. The van der Waals surface area contributed by atoms with E-state index in [4.69, 9.17) is 16.3 Å². The number of benzene rings is 1. The molecule has 0 bridgehead atoms. The Morgan fingerprint density at radius 1 is 1.32 bits per heavy atom. The average molecular weight is 283 g/mol. The van der Waals surface area contributed by atoms with Gasteiger partial charge in [0.1, 0.15) is 5.75 Å². The minimum atomic E-state index is -0.409. The molecule has 106 valence electrons. The maximum atomic E-state index is 10.3. The van der Waals surface area contributed by atoms with Gasteiger partial charge >= 0.3 is 0 Å². The van der Waals surface area contributed by atoms with Crippen LogP contribution in [0.5, 0.6) is 5.75 Å². The summed E-state index contributed by atoms with van der Waals surface area (Å²) in [5.74, 6) is 1.44. The van der Waals surface area contributed by atoms with Crippen molar-refractivity contribution < 1.29 is 9.84 Å². The molecule has 1 aliphatic carbocycles. The van der Waals surface area contributed by atoms with Crippen LogP contribution in [-0.2, 0) is 0 Å². The van der Waals surface area contributed by atoms with E-state index in [9.17, 15) is 5.11 Å². The van der Waals surface area contributed by atoms with Gasteiger partial charge in [0.25, 0.3) is 0 Å². The lowest BCUT2D eigenvalue weighted by Crippen LogP contribution is -2.08. The average Bonchev–Trinajstić information content (AvgIpc) is 2.46. The molecule has 19 heavy (non-hydrogen) atoms. The molecule has 1 aromatic rings. The quantitative estimate of drug-likeness (QED) is 0.845. The Hall–Kier alpha value is -0.730. The number of hydrogen-bond donors (Lipinski definition) is 1. The van der Waals surface area contributed by atoms with Gasteiger partial charge in [-0.15, -0.1) is 0 Å². The van der Waals surface area contributed by atoms with E-state index in [1.807, 2.05) is 12.1 Å². The van der Waals surface area contributed by atoms with Gasteiger partial charge in [0.2, 0.25) is 0 Å². The van der Waals surface area contributed by atoms with Gasteiger partial charge in [-0.1, -0.05) is 49.8 Å². The Bertz CT molecular complexity index is 400. The van der Waals surface area contributed by atoms with Crippen LogP contribution in [0.2, 0.25) is 5.02 Å². The number of ether oxygens (including phenoxy) is 1. The molecule has 1 aromatic carbocycles. The third kappa shape index (κ3) is 4.12. The van der Waals surface area contributed by atoms with Crippen molar-refractivity contribution in [2.45, 2.75) is 51.0 Å². The van der Waals surface area contributed by atoms with Crippen molar-refractivity contribution in [2.75, 3.05) is 7.11 Å². The molecule has 3 heteroatoms. The highest BCUT2D eigenvalue weighted by atomic mass is 35.5. The van der Waals surface area contributed by atoms with Gasteiger partial charge in [-0.25, -0.2) is 0 Å². The van der Waals surface area contributed by atoms with Crippen molar-refractivity contribution in [3.05, 3.63) is 28.8 Å². The van der Waals surface area contributed by atoms with Crippen molar-refractivity contribution in [1.29, 1.82) is 0 Å². The van der Waals surface area contributed by atoms with Gasteiger partial charge < -0.3 is 9.84 Å². The van der Waals surface area contributed by atoms with E-state index in [2.05, 4.69) is 0 Å². The summed E-state index contributed by atoms with van der Waals surface area (Å²) in [5, 5.41) is 10.9. The smallest absolute Gasteiger partial charge is 0.137 e. The van der Waals surface area contributed by atoms with Crippen LogP contribution in [0.4, 0.5) is 0 Å². The monoisotopic (exact) mass is 282 g/mol. The van der Waals surface area contributed by atoms with E-state index < -0.39 is 6.10 Å². The van der Waals surface area contributed by atoms with Crippen LogP contribution in [0.3, 0.4) is 0 Å². The molecule has 1 N–H and O–H groups in total. The molecule has 1 aliphatic rings. The van der Waals surface area contributed by atoms with Gasteiger partial charge in [0.05, 0.1) is 18.2 Å². The Morgan fingerprint density at radius 2 is 2.05 bits per heavy atom. The third-order valence-electron chi connectivity index (χ3n) is 4.13. The fraction of sp³-hybridized carbons (Fsp3) is 0.625. The molecule has 1 atom stereocenters. The minimum absolute atomic E-state index is 0.409. The van der Waals surface area contributed by atoms with Gasteiger partial charge in [0.15, 0.2) is 0 Å². The number of halogens is 1. The summed E-state index contributed by atoms with van der Waals surface area (Å²) in [5.41, 5.74) is 0.900. The summed E-state index contributed by atoms with van der Waals surface area (Å²) in [4.78, 5) is 0. The summed E-state index contributed by atoms with van der Waals surface area (Å²) in [7, 11) is 1.60. The molecule has 0 heterocycles. The number of rotatable bonds is 5. The first kappa shape index (κ1) is 14.7. The lowest BCUT2D eigenvalue weighted by atomic mass is 9.85. The van der Waals surface area contributed by atoms with Crippen molar-refractivity contribution in [1.82, 2.24) is 0 Å². The van der Waals surface area contributed by atoms with Crippen molar-refractivity contribution in [3.63, 3.8) is 0 Å².